The quantitative estimate of drug-likeness (QED) is 0.0687. The van der Waals surface area contributed by atoms with E-state index in [9.17, 15) is 24.3 Å². The summed E-state index contributed by atoms with van der Waals surface area (Å²) >= 11 is 1.46. The summed E-state index contributed by atoms with van der Waals surface area (Å²) in [7, 11) is 0. The SMILES string of the molecule is CSCCC(NC(=O)C(CCCN=C(N)N)NC(=O)C(N)Cc1ccc(O)cc1)C(=O)NCC(=O)O. The molecule has 1 aromatic rings. The lowest BCUT2D eigenvalue weighted by Crippen LogP contribution is -2.56. The maximum atomic E-state index is 13.1. The number of nitrogens with zero attached hydrogens (tertiary/aromatic N) is 1. The number of hydrogen-bond donors (Lipinski definition) is 8. The Morgan fingerprint density at radius 3 is 2.19 bits per heavy atom. The number of aliphatic carboxylic acids is 1. The Bertz CT molecular complexity index is 909. The number of nitrogens with two attached hydrogens (primary N) is 3. The molecule has 3 atom stereocenters. The van der Waals surface area contributed by atoms with Crippen molar-refractivity contribution in [3.05, 3.63) is 29.8 Å². The molecular formula is C22H35N7O6S. The molecule has 0 aromatic heterocycles. The van der Waals surface area contributed by atoms with Gasteiger partial charge in [-0.1, -0.05) is 12.1 Å². The van der Waals surface area contributed by atoms with Crippen LogP contribution in [0.5, 0.6) is 5.75 Å². The number of thioether (sulfide) groups is 1. The van der Waals surface area contributed by atoms with Gasteiger partial charge in [0.2, 0.25) is 17.7 Å². The number of benzene rings is 1. The van der Waals surface area contributed by atoms with Crippen LogP contribution in [0.4, 0.5) is 0 Å². The van der Waals surface area contributed by atoms with E-state index in [0.717, 1.165) is 5.56 Å². The molecule has 36 heavy (non-hydrogen) atoms. The average molecular weight is 526 g/mol. The third-order valence-electron chi connectivity index (χ3n) is 4.96. The van der Waals surface area contributed by atoms with Gasteiger partial charge in [0.05, 0.1) is 6.04 Å². The van der Waals surface area contributed by atoms with Gasteiger partial charge in [-0.15, -0.1) is 0 Å². The van der Waals surface area contributed by atoms with E-state index in [1.165, 1.54) is 23.9 Å². The van der Waals surface area contributed by atoms with Crippen LogP contribution in [0.15, 0.2) is 29.3 Å². The van der Waals surface area contributed by atoms with Crippen molar-refractivity contribution in [2.75, 3.05) is 25.1 Å². The molecule has 3 amide bonds. The molecule has 1 aromatic carbocycles. The van der Waals surface area contributed by atoms with Crippen LogP contribution < -0.4 is 33.2 Å². The lowest BCUT2D eigenvalue weighted by Gasteiger charge is -2.24. The molecule has 1 rings (SSSR count). The first-order chi connectivity index (χ1) is 17.0. The normalized spacial score (nSPS) is 13.1. The Morgan fingerprint density at radius 1 is 1.00 bits per heavy atom. The summed E-state index contributed by atoms with van der Waals surface area (Å²) in [5, 5.41) is 25.7. The topological polar surface area (TPSA) is 235 Å². The van der Waals surface area contributed by atoms with Crippen molar-refractivity contribution in [1.82, 2.24) is 16.0 Å². The van der Waals surface area contributed by atoms with Crippen LogP contribution in [-0.4, -0.2) is 83.1 Å². The van der Waals surface area contributed by atoms with E-state index in [0.29, 0.717) is 12.2 Å². The zero-order valence-electron chi connectivity index (χ0n) is 20.1. The molecule has 3 unspecified atom stereocenters. The number of rotatable bonds is 16. The maximum Gasteiger partial charge on any atom is 0.322 e. The first kappa shape index (κ1) is 30.5. The number of aromatic hydroxyl groups is 1. The van der Waals surface area contributed by atoms with Crippen LogP contribution in [-0.2, 0) is 25.6 Å². The second-order valence-electron chi connectivity index (χ2n) is 7.94. The summed E-state index contributed by atoms with van der Waals surface area (Å²) < 4.78 is 0. The smallest absolute Gasteiger partial charge is 0.322 e. The van der Waals surface area contributed by atoms with Gasteiger partial charge in [0.15, 0.2) is 5.96 Å². The van der Waals surface area contributed by atoms with Crippen molar-refractivity contribution in [3.8, 4) is 5.75 Å². The molecule has 0 aliphatic carbocycles. The molecule has 0 bridgehead atoms. The minimum Gasteiger partial charge on any atom is -0.508 e. The zero-order chi connectivity index (χ0) is 27.1. The second kappa shape index (κ2) is 16.2. The van der Waals surface area contributed by atoms with Crippen LogP contribution in [0.2, 0.25) is 0 Å². The van der Waals surface area contributed by atoms with Crippen molar-refractivity contribution in [1.29, 1.82) is 0 Å². The number of amides is 3. The van der Waals surface area contributed by atoms with Crippen molar-refractivity contribution >= 4 is 41.4 Å². The number of nitrogens with one attached hydrogen (secondary N) is 3. The molecule has 200 valence electrons. The van der Waals surface area contributed by atoms with Gasteiger partial charge in [0, 0.05) is 6.54 Å². The van der Waals surface area contributed by atoms with E-state index in [1.807, 2.05) is 6.26 Å². The third-order valence-corrected chi connectivity index (χ3v) is 5.61. The predicted octanol–water partition coefficient (Wildman–Crippen LogP) is -1.76. The Morgan fingerprint density at radius 2 is 1.61 bits per heavy atom. The van der Waals surface area contributed by atoms with Crippen molar-refractivity contribution in [2.45, 2.75) is 43.8 Å². The molecule has 0 saturated carbocycles. The van der Waals surface area contributed by atoms with Gasteiger partial charge in [-0.2, -0.15) is 11.8 Å². The predicted molar refractivity (Wildman–Crippen MR) is 137 cm³/mol. The Balaban J connectivity index is 2.91. The zero-order valence-corrected chi connectivity index (χ0v) is 20.9. The number of carbonyl (C=O) groups is 4. The highest BCUT2D eigenvalue weighted by molar-refractivity contribution is 7.98. The fraction of sp³-hybridized carbons (Fsp3) is 0.500. The molecule has 0 radical (unpaired) electrons. The second-order valence-corrected chi connectivity index (χ2v) is 8.93. The van der Waals surface area contributed by atoms with E-state index in [1.54, 1.807) is 12.1 Å². The summed E-state index contributed by atoms with van der Waals surface area (Å²) in [6.07, 6.45) is 2.77. The van der Waals surface area contributed by atoms with Gasteiger partial charge >= 0.3 is 5.97 Å². The van der Waals surface area contributed by atoms with E-state index < -0.39 is 48.4 Å². The highest BCUT2D eigenvalue weighted by atomic mass is 32.2. The summed E-state index contributed by atoms with van der Waals surface area (Å²) in [6, 6.07) is 3.21. The summed E-state index contributed by atoms with van der Waals surface area (Å²) in [4.78, 5) is 52.9. The van der Waals surface area contributed by atoms with Crippen molar-refractivity contribution in [2.24, 2.45) is 22.2 Å². The summed E-state index contributed by atoms with van der Waals surface area (Å²) in [5.41, 5.74) is 17.4. The van der Waals surface area contributed by atoms with Gasteiger partial charge < -0.3 is 43.4 Å². The van der Waals surface area contributed by atoms with E-state index in [-0.39, 0.29) is 37.5 Å². The monoisotopic (exact) mass is 525 g/mol. The van der Waals surface area contributed by atoms with Gasteiger partial charge in [0.1, 0.15) is 24.4 Å². The average Bonchev–Trinajstić information content (AvgIpc) is 2.82. The van der Waals surface area contributed by atoms with E-state index >= 15 is 0 Å². The molecule has 0 spiro atoms. The fourth-order valence-corrected chi connectivity index (χ4v) is 3.56. The lowest BCUT2D eigenvalue weighted by molar-refractivity contribution is -0.138. The number of carboxylic acids is 1. The van der Waals surface area contributed by atoms with Gasteiger partial charge in [0.25, 0.3) is 0 Å². The number of carboxylic acid groups (broad SMARTS) is 1. The van der Waals surface area contributed by atoms with Crippen LogP contribution in [0.25, 0.3) is 0 Å². The van der Waals surface area contributed by atoms with Gasteiger partial charge in [-0.3, -0.25) is 24.2 Å². The molecular weight excluding hydrogens is 490 g/mol. The number of aliphatic imine (C=N–C) groups is 1. The van der Waals surface area contributed by atoms with Gasteiger partial charge in [-0.25, -0.2) is 0 Å². The maximum absolute atomic E-state index is 13.1. The standard InChI is InChI=1S/C22H35N7O6S/c1-36-10-8-17(20(34)27-12-18(31)32)29-21(35)16(3-2-9-26-22(24)25)28-19(33)15(23)11-13-4-6-14(30)7-5-13/h4-7,15-17,30H,2-3,8-12,23H2,1H3,(H,27,34)(H,28,33)(H,29,35)(H,31,32)(H4,24,25,26). The number of hydrogen-bond acceptors (Lipinski definition) is 8. The summed E-state index contributed by atoms with van der Waals surface area (Å²) in [6.45, 7) is -0.369. The minimum absolute atomic E-state index is 0.0812. The number of phenols is 1. The third kappa shape index (κ3) is 12.3. The highest BCUT2D eigenvalue weighted by Crippen LogP contribution is 2.11. The van der Waals surface area contributed by atoms with Crippen LogP contribution >= 0.6 is 11.8 Å². The van der Waals surface area contributed by atoms with Crippen molar-refractivity contribution < 1.29 is 29.4 Å². The first-order valence-corrected chi connectivity index (χ1v) is 12.6. The summed E-state index contributed by atoms with van der Waals surface area (Å²) in [5.74, 6) is -2.56. The number of guanidine groups is 1. The number of phenolic OH excluding ortho intramolecular Hbond substituents is 1. The number of carbonyl (C=O) groups excluding carboxylic acids is 3. The van der Waals surface area contributed by atoms with Gasteiger partial charge in [-0.05, 0) is 55.4 Å². The Labute approximate surface area is 213 Å². The molecule has 11 N–H and O–H groups in total. The Hall–Kier alpha value is -3.52. The molecule has 0 saturated heterocycles. The highest BCUT2D eigenvalue weighted by Gasteiger charge is 2.28. The molecule has 14 heteroatoms. The van der Waals surface area contributed by atoms with E-state index in [4.69, 9.17) is 22.3 Å². The first-order valence-electron chi connectivity index (χ1n) is 11.2. The molecule has 0 heterocycles. The fourth-order valence-electron chi connectivity index (χ4n) is 3.09. The van der Waals surface area contributed by atoms with Crippen LogP contribution in [0.1, 0.15) is 24.8 Å². The largest absolute Gasteiger partial charge is 0.508 e. The Kier molecular flexibility index (Phi) is 13.7. The van der Waals surface area contributed by atoms with Crippen molar-refractivity contribution in [3.63, 3.8) is 0 Å². The molecule has 0 fully saturated rings. The molecule has 0 aliphatic heterocycles. The lowest BCUT2D eigenvalue weighted by atomic mass is 10.0. The molecule has 13 nitrogen and oxygen atoms in total. The van der Waals surface area contributed by atoms with E-state index in [2.05, 4.69) is 20.9 Å². The minimum atomic E-state index is -1.22. The van der Waals surface area contributed by atoms with Crippen LogP contribution in [0.3, 0.4) is 0 Å². The molecule has 0 aliphatic rings. The van der Waals surface area contributed by atoms with Crippen LogP contribution in [0, 0.1) is 0 Å².